The van der Waals surface area contributed by atoms with Crippen molar-refractivity contribution in [1.82, 2.24) is 9.80 Å². The second-order valence-corrected chi connectivity index (χ2v) is 13.6. The first-order chi connectivity index (χ1) is 18.8. The maximum Gasteiger partial charge on any atom is 0.508 e. The van der Waals surface area contributed by atoms with Gasteiger partial charge in [0.15, 0.2) is 0 Å². The van der Waals surface area contributed by atoms with E-state index < -0.39 is 40.9 Å². The summed E-state index contributed by atoms with van der Waals surface area (Å²) >= 11 is 0. The number of aryl methyl sites for hydroxylation is 1. The van der Waals surface area contributed by atoms with Gasteiger partial charge in [0.25, 0.3) is 0 Å². The minimum absolute atomic E-state index is 0.0560. The number of fused-ring (bicyclic) bond motifs is 7. The van der Waals surface area contributed by atoms with Crippen molar-refractivity contribution in [1.29, 1.82) is 0 Å². The summed E-state index contributed by atoms with van der Waals surface area (Å²) in [7, 11) is 0. The summed E-state index contributed by atoms with van der Waals surface area (Å²) in [5, 5.41) is 0. The van der Waals surface area contributed by atoms with Gasteiger partial charge in [0, 0.05) is 31.0 Å². The highest BCUT2D eigenvalue weighted by Gasteiger charge is 2.70. The Hall–Kier alpha value is -2.97. The number of furan rings is 1. The molecule has 0 aromatic carbocycles. The molecule has 0 radical (unpaired) electrons. The Balaban J connectivity index is 1.56. The first-order valence-electron chi connectivity index (χ1n) is 14.7. The maximum atomic E-state index is 14.5. The van der Waals surface area contributed by atoms with Crippen LogP contribution in [0.4, 0.5) is 9.59 Å². The Morgan fingerprint density at radius 3 is 2.48 bits per heavy atom. The number of amides is 2. The molecule has 220 valence electrons. The summed E-state index contributed by atoms with van der Waals surface area (Å²) in [6, 6.07) is 0.914. The number of hydrogen-bond acceptors (Lipinski definition) is 7. The molecule has 6 bridgehead atoms. The van der Waals surface area contributed by atoms with Crippen LogP contribution in [0, 0.1) is 5.41 Å². The van der Waals surface area contributed by atoms with Crippen molar-refractivity contribution in [2.45, 2.75) is 116 Å². The van der Waals surface area contributed by atoms with Gasteiger partial charge in [0.1, 0.15) is 35.4 Å². The highest BCUT2D eigenvalue weighted by molar-refractivity contribution is 5.89. The molecule has 40 heavy (non-hydrogen) atoms. The van der Waals surface area contributed by atoms with Crippen molar-refractivity contribution in [3.05, 3.63) is 35.3 Å². The molecule has 9 nitrogen and oxygen atoms in total. The molecule has 4 atom stereocenters. The van der Waals surface area contributed by atoms with Crippen molar-refractivity contribution in [3.8, 4) is 0 Å². The minimum Gasteiger partial charge on any atom is -0.464 e. The van der Waals surface area contributed by atoms with Crippen molar-refractivity contribution in [2.24, 2.45) is 5.41 Å². The fourth-order valence-electron chi connectivity index (χ4n) is 6.95. The van der Waals surface area contributed by atoms with Crippen LogP contribution >= 0.6 is 0 Å². The third-order valence-electron chi connectivity index (χ3n) is 8.35. The number of allylic oxidation sites excluding steroid dienone is 2. The van der Waals surface area contributed by atoms with Crippen molar-refractivity contribution in [3.63, 3.8) is 0 Å². The Morgan fingerprint density at radius 2 is 1.75 bits per heavy atom. The lowest BCUT2D eigenvalue weighted by atomic mass is 9.67. The number of hydrogen-bond donors (Lipinski definition) is 0. The highest BCUT2D eigenvalue weighted by atomic mass is 16.7. The standard InChI is InChI=1S/C31H44N2O7/c1-29(2,3)39-27(35)33-20(19-37-28(36)40-30(4,5)6)18-31-23-14-16-32(26(31)34)15-12-10-8-7-9-11-13-21-17-22(23)24(38-21)25(31)33/h7,9,17,20,23,25H,8,10-16,18-19H2,1-6H3/t20-,23+,25?,31+/m1/s1. The molecule has 2 fully saturated rings. The molecule has 1 aliphatic carbocycles. The monoisotopic (exact) mass is 556 g/mol. The van der Waals surface area contributed by atoms with Gasteiger partial charge >= 0.3 is 12.2 Å². The maximum absolute atomic E-state index is 14.5. The van der Waals surface area contributed by atoms with Crippen LogP contribution in [-0.2, 0) is 25.4 Å². The fourth-order valence-corrected chi connectivity index (χ4v) is 6.95. The molecule has 0 saturated carbocycles. The predicted molar refractivity (Wildman–Crippen MR) is 148 cm³/mol. The van der Waals surface area contributed by atoms with Crippen LogP contribution in [0.25, 0.3) is 0 Å². The van der Waals surface area contributed by atoms with E-state index in [4.69, 9.17) is 18.6 Å². The predicted octanol–water partition coefficient (Wildman–Crippen LogP) is 6.27. The number of rotatable bonds is 2. The quantitative estimate of drug-likeness (QED) is 0.313. The zero-order valence-corrected chi connectivity index (χ0v) is 24.8. The topological polar surface area (TPSA) is 98.5 Å². The first-order valence-corrected chi connectivity index (χ1v) is 14.7. The summed E-state index contributed by atoms with van der Waals surface area (Å²) in [6.07, 6.45) is 8.80. The molecule has 1 aromatic heterocycles. The van der Waals surface area contributed by atoms with Gasteiger partial charge in [-0.3, -0.25) is 9.69 Å². The third-order valence-corrected chi connectivity index (χ3v) is 8.35. The molecule has 2 saturated heterocycles. The van der Waals surface area contributed by atoms with E-state index in [9.17, 15) is 14.4 Å². The Kier molecular flexibility index (Phi) is 7.46. The molecule has 5 aliphatic rings. The summed E-state index contributed by atoms with van der Waals surface area (Å²) in [4.78, 5) is 44.5. The van der Waals surface area contributed by atoms with Gasteiger partial charge in [0.2, 0.25) is 5.91 Å². The number of carbonyl (C=O) groups is 3. The minimum atomic E-state index is -0.887. The van der Waals surface area contributed by atoms with Crippen LogP contribution in [-0.4, -0.2) is 64.9 Å². The molecular weight excluding hydrogens is 512 g/mol. The molecule has 5 heterocycles. The highest BCUT2D eigenvalue weighted by Crippen LogP contribution is 2.67. The number of nitrogens with zero attached hydrogens (tertiary/aromatic N) is 2. The summed E-state index contributed by atoms with van der Waals surface area (Å²) < 4.78 is 23.3. The number of likely N-dealkylation sites (tertiary alicyclic amines) is 1. The average molecular weight is 557 g/mol. The second kappa shape index (κ2) is 10.5. The lowest BCUT2D eigenvalue weighted by Crippen LogP contribution is -2.53. The van der Waals surface area contributed by atoms with Gasteiger partial charge in [-0.15, -0.1) is 0 Å². The summed E-state index contributed by atoms with van der Waals surface area (Å²) in [5.41, 5.74) is -1.31. The van der Waals surface area contributed by atoms with Crippen LogP contribution in [0.3, 0.4) is 0 Å². The fraction of sp³-hybridized carbons (Fsp3) is 0.710. The molecule has 0 N–H and O–H groups in total. The lowest BCUT2D eigenvalue weighted by Gasteiger charge is -2.44. The van der Waals surface area contributed by atoms with Crippen LogP contribution in [0.2, 0.25) is 0 Å². The third kappa shape index (κ3) is 5.36. The molecule has 6 rings (SSSR count). The molecule has 9 heteroatoms. The zero-order chi connectivity index (χ0) is 28.9. The molecule has 1 aromatic rings. The van der Waals surface area contributed by atoms with Gasteiger partial charge in [-0.25, -0.2) is 9.59 Å². The van der Waals surface area contributed by atoms with E-state index in [2.05, 4.69) is 18.2 Å². The zero-order valence-electron chi connectivity index (χ0n) is 24.8. The van der Waals surface area contributed by atoms with E-state index in [1.807, 2.05) is 25.7 Å². The molecule has 1 spiro atoms. The largest absolute Gasteiger partial charge is 0.508 e. The van der Waals surface area contributed by atoms with E-state index in [0.29, 0.717) is 25.3 Å². The van der Waals surface area contributed by atoms with E-state index >= 15 is 0 Å². The van der Waals surface area contributed by atoms with Crippen LogP contribution < -0.4 is 0 Å². The van der Waals surface area contributed by atoms with Crippen molar-refractivity contribution >= 4 is 18.2 Å². The number of piperidine rings is 1. The van der Waals surface area contributed by atoms with Crippen molar-refractivity contribution in [2.75, 3.05) is 19.7 Å². The Morgan fingerprint density at radius 1 is 1.02 bits per heavy atom. The molecule has 1 unspecified atom stereocenters. The van der Waals surface area contributed by atoms with Gasteiger partial charge in [0.05, 0.1) is 11.5 Å². The SMILES string of the molecule is CC(C)(C)OC(=O)OC[C@H]1C[C@@]23C(=O)N4CCCCC=CCCc5cc(c(o5)C2N1C(=O)OC(C)(C)C)[C@@H]3CC4. The average Bonchev–Trinajstić information content (AvgIpc) is 3.45. The van der Waals surface area contributed by atoms with Gasteiger partial charge in [-0.2, -0.15) is 0 Å². The van der Waals surface area contributed by atoms with E-state index in [1.54, 1.807) is 25.7 Å². The lowest BCUT2D eigenvalue weighted by molar-refractivity contribution is -0.149. The van der Waals surface area contributed by atoms with Gasteiger partial charge in [-0.05, 0) is 86.1 Å². The molecular formula is C31H44N2O7. The van der Waals surface area contributed by atoms with Gasteiger partial charge < -0.3 is 23.5 Å². The van der Waals surface area contributed by atoms with Gasteiger partial charge in [-0.1, -0.05) is 12.2 Å². The van der Waals surface area contributed by atoms with E-state index in [-0.39, 0.29) is 18.4 Å². The first kappa shape index (κ1) is 28.6. The normalized spacial score (nSPS) is 28.4. The van der Waals surface area contributed by atoms with E-state index in [0.717, 1.165) is 49.8 Å². The summed E-state index contributed by atoms with van der Waals surface area (Å²) in [5.74, 6) is 1.52. The second-order valence-electron chi connectivity index (χ2n) is 13.6. The van der Waals surface area contributed by atoms with Crippen molar-refractivity contribution < 1.29 is 33.0 Å². The molecule has 4 aliphatic heterocycles. The van der Waals surface area contributed by atoms with Crippen LogP contribution in [0.1, 0.15) is 109 Å². The molecule has 2 amide bonds. The Bertz CT molecular complexity index is 1170. The van der Waals surface area contributed by atoms with Crippen LogP contribution in [0.5, 0.6) is 0 Å². The van der Waals surface area contributed by atoms with Crippen LogP contribution in [0.15, 0.2) is 22.6 Å². The Labute approximate surface area is 237 Å². The number of ether oxygens (including phenoxy) is 3. The smallest absolute Gasteiger partial charge is 0.464 e. The summed E-state index contributed by atoms with van der Waals surface area (Å²) in [6.45, 7) is 12.0. The number of carbonyl (C=O) groups excluding carboxylic acids is 3. The van der Waals surface area contributed by atoms with E-state index in [1.165, 1.54) is 0 Å².